The summed E-state index contributed by atoms with van der Waals surface area (Å²) in [4.78, 5) is 7.32. The monoisotopic (exact) mass is 609 g/mol. The standard InChI is InChI=1S/C15H10F3IN4O3.C9H9N/c16-9-2-4-12(26-19-24)11(5-9)21-7-10-3-1-8(6-20-10)14-22-23-15(25-14)13(17)18;1-7-3-2-4-9-8(7)5-6-10-9/h1-6,13,21H,7H2;2-6,10H,1H3. The second-order valence-electron chi connectivity index (χ2n) is 7.43. The topological polar surface area (TPSA) is 112 Å². The highest BCUT2D eigenvalue weighted by Gasteiger charge is 2.17. The first-order valence-electron chi connectivity index (χ1n) is 10.5. The number of alkyl halides is 2. The lowest BCUT2D eigenvalue weighted by atomic mass is 10.1. The van der Waals surface area contributed by atoms with Gasteiger partial charge < -0.3 is 18.2 Å². The number of fused-ring (bicyclic) bond motifs is 1. The fraction of sp³-hybridized carbons (Fsp3) is 0.125. The van der Waals surface area contributed by atoms with Crippen LogP contribution >= 0.6 is 0 Å². The number of aromatic nitrogens is 4. The smallest absolute Gasteiger partial charge is 0.514 e. The van der Waals surface area contributed by atoms with Crippen molar-refractivity contribution < 1.29 is 46.1 Å². The zero-order valence-corrected chi connectivity index (χ0v) is 20.9. The normalized spacial score (nSPS) is 10.8. The molecular weight excluding hydrogens is 590 g/mol. The van der Waals surface area contributed by atoms with E-state index in [1.165, 1.54) is 40.9 Å². The molecule has 0 fully saturated rings. The van der Waals surface area contributed by atoms with Crippen molar-refractivity contribution in [3.63, 3.8) is 0 Å². The van der Waals surface area contributed by atoms with Crippen molar-refractivity contribution in [2.24, 2.45) is 0 Å². The zero-order valence-electron chi connectivity index (χ0n) is 18.7. The van der Waals surface area contributed by atoms with Gasteiger partial charge in [-0.25, -0.2) is 4.39 Å². The van der Waals surface area contributed by atoms with Crippen molar-refractivity contribution >= 4 is 16.6 Å². The number of benzene rings is 2. The summed E-state index contributed by atoms with van der Waals surface area (Å²) in [6.45, 7) is 2.35. The van der Waals surface area contributed by atoms with Gasteiger partial charge in [-0.1, -0.05) is 12.1 Å². The molecule has 3 heterocycles. The second kappa shape index (κ2) is 11.9. The van der Waals surface area contributed by atoms with Crippen LogP contribution < -0.4 is 33.9 Å². The Kier molecular flexibility index (Phi) is 8.38. The summed E-state index contributed by atoms with van der Waals surface area (Å²) in [6.07, 6.45) is 0.524. The lowest BCUT2D eigenvalue weighted by Crippen LogP contribution is -3.72. The highest BCUT2D eigenvalue weighted by Crippen LogP contribution is 2.25. The Morgan fingerprint density at radius 3 is 2.69 bits per heavy atom. The van der Waals surface area contributed by atoms with Crippen LogP contribution in [0.5, 0.6) is 5.75 Å². The van der Waals surface area contributed by atoms with Gasteiger partial charge in [-0.15, -0.1) is 10.2 Å². The Balaban J connectivity index is 0.000000251. The molecule has 0 saturated carbocycles. The van der Waals surface area contributed by atoms with Gasteiger partial charge in [-0.2, -0.15) is 8.78 Å². The van der Waals surface area contributed by atoms with Crippen LogP contribution in [-0.4, -0.2) is 20.2 Å². The molecule has 12 heteroatoms. The lowest BCUT2D eigenvalue weighted by molar-refractivity contribution is -1.25. The molecule has 0 aliphatic heterocycles. The van der Waals surface area contributed by atoms with E-state index in [2.05, 4.69) is 56.7 Å². The minimum atomic E-state index is -2.84. The molecule has 0 amide bonds. The van der Waals surface area contributed by atoms with Crippen LogP contribution in [0.2, 0.25) is 0 Å². The van der Waals surface area contributed by atoms with Gasteiger partial charge in [0.15, 0.2) is 0 Å². The van der Waals surface area contributed by atoms with E-state index < -0.39 is 40.2 Å². The van der Waals surface area contributed by atoms with Crippen LogP contribution in [0.4, 0.5) is 18.9 Å². The summed E-state index contributed by atoms with van der Waals surface area (Å²) in [5.74, 6) is -1.02. The molecule has 186 valence electrons. The van der Waals surface area contributed by atoms with E-state index >= 15 is 0 Å². The summed E-state index contributed by atoms with van der Waals surface area (Å²) in [7, 11) is 0. The maximum Gasteiger partial charge on any atom is 0.514 e. The van der Waals surface area contributed by atoms with Gasteiger partial charge in [-0.3, -0.25) is 8.05 Å². The highest BCUT2D eigenvalue weighted by atomic mass is 127. The first-order valence-corrected chi connectivity index (χ1v) is 12.3. The minimum Gasteiger partial charge on any atom is -0.558 e. The fourth-order valence-corrected chi connectivity index (χ4v) is 3.84. The molecule has 0 spiro atoms. The van der Waals surface area contributed by atoms with E-state index in [0.29, 0.717) is 16.9 Å². The van der Waals surface area contributed by atoms with E-state index in [1.807, 2.05) is 6.20 Å². The molecule has 2 aromatic carbocycles. The first-order chi connectivity index (χ1) is 17.4. The average Bonchev–Trinajstić information content (AvgIpc) is 3.56. The van der Waals surface area contributed by atoms with Crippen LogP contribution in [-0.2, 0) is 6.54 Å². The summed E-state index contributed by atoms with van der Waals surface area (Å²) in [5.41, 5.74) is 3.86. The number of anilines is 1. The molecule has 0 saturated heterocycles. The molecular formula is C24H19F3IN5O3. The van der Waals surface area contributed by atoms with Crippen molar-refractivity contribution in [1.29, 1.82) is 0 Å². The van der Waals surface area contributed by atoms with Crippen LogP contribution in [0.25, 0.3) is 22.4 Å². The molecule has 0 unspecified atom stereocenters. The lowest BCUT2D eigenvalue weighted by Gasteiger charge is -2.08. The quantitative estimate of drug-likeness (QED) is 0.272. The Bertz CT molecular complexity index is 1430. The predicted octanol–water partition coefficient (Wildman–Crippen LogP) is 1.95. The number of pyridine rings is 1. The van der Waals surface area contributed by atoms with Gasteiger partial charge in [0.05, 0.1) is 23.5 Å². The number of nitrogens with zero attached hydrogens (tertiary/aromatic N) is 3. The van der Waals surface area contributed by atoms with Crippen molar-refractivity contribution in [3.8, 4) is 17.2 Å². The van der Waals surface area contributed by atoms with Crippen molar-refractivity contribution in [2.45, 2.75) is 19.9 Å². The Hall–Kier alpha value is -3.65. The molecule has 2 N–H and O–H groups in total. The highest BCUT2D eigenvalue weighted by molar-refractivity contribution is 5.82. The molecule has 0 aliphatic carbocycles. The largest absolute Gasteiger partial charge is 0.558 e. The third-order valence-electron chi connectivity index (χ3n) is 5.03. The summed E-state index contributed by atoms with van der Waals surface area (Å²) >= 11 is -1.70. The maximum absolute atomic E-state index is 13.4. The maximum atomic E-state index is 13.4. The van der Waals surface area contributed by atoms with Crippen LogP contribution in [0.15, 0.2) is 71.4 Å². The minimum absolute atomic E-state index is 0.0625. The van der Waals surface area contributed by atoms with Gasteiger partial charge in [-0.05, 0) is 48.9 Å². The number of H-pyrrole nitrogens is 1. The second-order valence-corrected chi connectivity index (χ2v) is 8.23. The number of halogens is 4. The molecule has 0 atom stereocenters. The molecule has 0 aliphatic rings. The van der Waals surface area contributed by atoms with Crippen molar-refractivity contribution in [3.05, 3.63) is 90.0 Å². The number of nitrogens with one attached hydrogen (secondary N) is 2. The summed E-state index contributed by atoms with van der Waals surface area (Å²) in [6, 6.07) is 15.4. The Morgan fingerprint density at radius 2 is 2.00 bits per heavy atom. The van der Waals surface area contributed by atoms with E-state index in [9.17, 15) is 16.6 Å². The van der Waals surface area contributed by atoms with Gasteiger partial charge in [0.2, 0.25) is 11.6 Å². The summed E-state index contributed by atoms with van der Waals surface area (Å²) in [5, 5.41) is 11.0. The molecule has 8 nitrogen and oxygen atoms in total. The third kappa shape index (κ3) is 6.31. The Labute approximate surface area is 214 Å². The number of hydrogen-bond acceptors (Lipinski definition) is 7. The predicted molar refractivity (Wildman–Crippen MR) is 120 cm³/mol. The van der Waals surface area contributed by atoms with E-state index in [1.54, 1.807) is 12.1 Å². The number of hydrogen-bond donors (Lipinski definition) is 2. The molecule has 3 aromatic heterocycles. The zero-order chi connectivity index (χ0) is 25.5. The van der Waals surface area contributed by atoms with E-state index in [-0.39, 0.29) is 18.2 Å². The van der Waals surface area contributed by atoms with Gasteiger partial charge in [0.25, 0.3) is 5.89 Å². The fourth-order valence-electron chi connectivity index (χ4n) is 3.26. The molecule has 5 rings (SSSR count). The number of aryl methyl sites for hydroxylation is 1. The van der Waals surface area contributed by atoms with Gasteiger partial charge in [0.1, 0.15) is 5.82 Å². The first kappa shape index (κ1) is 25.4. The van der Waals surface area contributed by atoms with Crippen molar-refractivity contribution in [1.82, 2.24) is 20.2 Å². The molecule has 0 radical (unpaired) electrons. The molecule has 5 aromatic rings. The average molecular weight is 609 g/mol. The van der Waals surface area contributed by atoms with Gasteiger partial charge in [0, 0.05) is 29.4 Å². The van der Waals surface area contributed by atoms with Crippen LogP contribution in [0.1, 0.15) is 23.6 Å². The van der Waals surface area contributed by atoms with Crippen LogP contribution in [0, 0.1) is 12.7 Å². The Morgan fingerprint density at radius 1 is 1.14 bits per heavy atom. The molecule has 36 heavy (non-hydrogen) atoms. The van der Waals surface area contributed by atoms with E-state index in [0.717, 1.165) is 0 Å². The third-order valence-corrected chi connectivity index (χ3v) is 5.68. The van der Waals surface area contributed by atoms with Gasteiger partial charge >= 0.3 is 28.5 Å². The van der Waals surface area contributed by atoms with E-state index in [4.69, 9.17) is 7.48 Å². The van der Waals surface area contributed by atoms with Crippen LogP contribution in [0.3, 0.4) is 0 Å². The molecule has 0 bridgehead atoms. The number of aromatic amines is 1. The SMILES string of the molecule is Cc1cccc2[nH]ccc12.[O-][I+]Oc1ccc(F)cc1NCc1ccc(-c2nnc(C(F)F)o2)cn1. The number of rotatable bonds is 7. The summed E-state index contributed by atoms with van der Waals surface area (Å²) < 4.78 is 58.8. The van der Waals surface area contributed by atoms with Crippen molar-refractivity contribution in [2.75, 3.05) is 5.32 Å².